The molecule has 2 aliphatic heterocycles. The number of alkyl halides is 3. The number of urea groups is 1. The lowest BCUT2D eigenvalue weighted by Crippen LogP contribution is -2.53. The molecule has 7 nitrogen and oxygen atoms in total. The number of nitrogens with zero attached hydrogens (tertiary/aromatic N) is 6. The van der Waals surface area contributed by atoms with Crippen molar-refractivity contribution in [3.63, 3.8) is 0 Å². The number of halogens is 6. The fraction of sp³-hybridized carbons (Fsp3) is 0.367. The summed E-state index contributed by atoms with van der Waals surface area (Å²) in [5, 5.41) is 9.79. The number of nitriles is 1. The minimum Gasteiger partial charge on any atom is -0.353 e. The van der Waals surface area contributed by atoms with Crippen molar-refractivity contribution in [1.82, 2.24) is 19.7 Å². The normalized spacial score (nSPS) is 19.2. The largest absolute Gasteiger partial charge is 0.419 e. The van der Waals surface area contributed by atoms with Gasteiger partial charge in [-0.2, -0.15) is 18.4 Å². The second-order valence-electron chi connectivity index (χ2n) is 10.8. The minimum absolute atomic E-state index is 0.117. The number of carbonyl (C=O) groups is 1. The van der Waals surface area contributed by atoms with Gasteiger partial charge in [-0.1, -0.05) is 35.3 Å². The molecule has 226 valence electrons. The molecule has 0 spiro atoms. The lowest BCUT2D eigenvalue weighted by Gasteiger charge is -2.37. The average molecular weight is 635 g/mol. The molecule has 3 heterocycles. The molecule has 5 rings (SSSR count). The summed E-state index contributed by atoms with van der Waals surface area (Å²) in [5.41, 5.74) is 0.432. The summed E-state index contributed by atoms with van der Waals surface area (Å²) in [7, 11) is 1.81. The lowest BCUT2D eigenvalue weighted by atomic mass is 9.93. The van der Waals surface area contributed by atoms with Crippen LogP contribution in [0.5, 0.6) is 0 Å². The number of piperazine rings is 1. The van der Waals surface area contributed by atoms with E-state index in [-0.39, 0.29) is 24.5 Å². The molecule has 0 radical (unpaired) electrons. The Kier molecular flexibility index (Phi) is 9.02. The van der Waals surface area contributed by atoms with E-state index in [9.17, 15) is 22.4 Å². The molecule has 3 aromatic rings. The molecule has 0 aliphatic carbocycles. The summed E-state index contributed by atoms with van der Waals surface area (Å²) in [4.78, 5) is 25.6. The predicted octanol–water partition coefficient (Wildman–Crippen LogP) is 6.26. The molecule has 2 aliphatic rings. The lowest BCUT2D eigenvalue weighted by molar-refractivity contribution is -0.140. The van der Waals surface area contributed by atoms with Gasteiger partial charge < -0.3 is 14.7 Å². The maximum atomic E-state index is 14.3. The number of hydrogen-bond acceptors (Lipinski definition) is 5. The highest BCUT2D eigenvalue weighted by atomic mass is 35.5. The van der Waals surface area contributed by atoms with Crippen LogP contribution in [0.3, 0.4) is 0 Å². The topological polar surface area (TPSA) is 66.7 Å². The van der Waals surface area contributed by atoms with Gasteiger partial charge in [0.25, 0.3) is 0 Å². The van der Waals surface area contributed by atoms with Crippen molar-refractivity contribution in [3.8, 4) is 6.07 Å². The Morgan fingerprint density at radius 1 is 1.02 bits per heavy atom. The van der Waals surface area contributed by atoms with E-state index in [4.69, 9.17) is 28.5 Å². The standard InChI is InChI=1S/C30H28Cl2F4N6O/c1-39(16-19-2-5-23(26(33)12-19)30(34,35)36)27-18-42(17-22(27)21-4-6-24(31)25(32)13-21)29(43)41-10-8-40(9-11-41)28-7-3-20(14-37)15-38-28/h2-7,12-13,15,22,27H,8-11,16-18H2,1H3/t22-,27?/m1/s1. The van der Waals surface area contributed by atoms with Gasteiger partial charge in [-0.15, -0.1) is 0 Å². The van der Waals surface area contributed by atoms with Gasteiger partial charge in [-0.05, 0) is 54.6 Å². The Morgan fingerprint density at radius 2 is 1.77 bits per heavy atom. The minimum atomic E-state index is -4.77. The van der Waals surface area contributed by atoms with E-state index in [2.05, 4.69) is 16.0 Å². The third-order valence-electron chi connectivity index (χ3n) is 8.02. The highest BCUT2D eigenvalue weighted by Gasteiger charge is 2.41. The van der Waals surface area contributed by atoms with Gasteiger partial charge in [-0.25, -0.2) is 14.2 Å². The van der Waals surface area contributed by atoms with Crippen molar-refractivity contribution < 1.29 is 22.4 Å². The number of benzene rings is 2. The molecule has 0 N–H and O–H groups in total. The van der Waals surface area contributed by atoms with Gasteiger partial charge in [-0.3, -0.25) is 4.90 Å². The third kappa shape index (κ3) is 6.82. The molecule has 2 amide bonds. The van der Waals surface area contributed by atoms with Crippen LogP contribution in [0, 0.1) is 17.1 Å². The van der Waals surface area contributed by atoms with E-state index < -0.39 is 17.6 Å². The number of pyridine rings is 1. The van der Waals surface area contributed by atoms with Crippen molar-refractivity contribution >= 4 is 35.1 Å². The highest BCUT2D eigenvalue weighted by molar-refractivity contribution is 6.42. The summed E-state index contributed by atoms with van der Waals surface area (Å²) < 4.78 is 53.5. The number of amides is 2. The molecule has 2 saturated heterocycles. The quantitative estimate of drug-likeness (QED) is 0.310. The first-order valence-electron chi connectivity index (χ1n) is 13.6. The number of likely N-dealkylation sites (N-methyl/N-ethyl adjacent to an activating group) is 1. The van der Waals surface area contributed by atoms with Gasteiger partial charge >= 0.3 is 12.2 Å². The van der Waals surface area contributed by atoms with Crippen molar-refractivity contribution in [2.24, 2.45) is 0 Å². The van der Waals surface area contributed by atoms with E-state index in [1.165, 1.54) is 12.3 Å². The van der Waals surface area contributed by atoms with E-state index in [1.54, 1.807) is 34.1 Å². The molecule has 1 aromatic heterocycles. The van der Waals surface area contributed by atoms with Crippen LogP contribution in [-0.4, -0.2) is 78.1 Å². The second-order valence-corrected chi connectivity index (χ2v) is 11.6. The first-order chi connectivity index (χ1) is 20.4. The molecule has 13 heteroatoms. The Bertz CT molecular complexity index is 1520. The Balaban J connectivity index is 1.31. The van der Waals surface area contributed by atoms with Crippen LogP contribution >= 0.6 is 23.2 Å². The van der Waals surface area contributed by atoms with Crippen LogP contribution in [0.15, 0.2) is 54.7 Å². The fourth-order valence-electron chi connectivity index (χ4n) is 5.72. The fourth-order valence-corrected chi connectivity index (χ4v) is 6.02. The number of hydrogen-bond donors (Lipinski definition) is 0. The van der Waals surface area contributed by atoms with Crippen LogP contribution in [0.1, 0.15) is 28.2 Å². The Hall–Kier alpha value is -3.59. The number of likely N-dealkylation sites (tertiary alicyclic amines) is 1. The second kappa shape index (κ2) is 12.6. The maximum absolute atomic E-state index is 14.3. The molecule has 1 unspecified atom stereocenters. The molecule has 43 heavy (non-hydrogen) atoms. The molecule has 0 saturated carbocycles. The smallest absolute Gasteiger partial charge is 0.353 e. The van der Waals surface area contributed by atoms with Gasteiger partial charge in [0.15, 0.2) is 0 Å². The molecular weight excluding hydrogens is 607 g/mol. The van der Waals surface area contributed by atoms with Crippen molar-refractivity contribution in [3.05, 3.63) is 92.8 Å². The van der Waals surface area contributed by atoms with Crippen LogP contribution in [0.4, 0.5) is 28.2 Å². The average Bonchev–Trinajstić information content (AvgIpc) is 3.43. The van der Waals surface area contributed by atoms with Gasteiger partial charge in [0.05, 0.1) is 21.2 Å². The van der Waals surface area contributed by atoms with Gasteiger partial charge in [0, 0.05) is 64.0 Å². The SMILES string of the molecule is CN(Cc1ccc(C(F)(F)F)c(F)c1)C1CN(C(=O)N2CCN(c3ccc(C#N)cn3)CC2)C[C@@H]1c1ccc(Cl)c(Cl)c1. The van der Waals surface area contributed by atoms with E-state index in [1.807, 2.05) is 18.0 Å². The van der Waals surface area contributed by atoms with Crippen molar-refractivity contribution in [2.75, 3.05) is 51.2 Å². The van der Waals surface area contributed by atoms with Crippen LogP contribution in [0.2, 0.25) is 10.0 Å². The zero-order valence-electron chi connectivity index (χ0n) is 23.2. The van der Waals surface area contributed by atoms with E-state index in [0.29, 0.717) is 60.4 Å². The van der Waals surface area contributed by atoms with Crippen molar-refractivity contribution in [1.29, 1.82) is 5.26 Å². The summed E-state index contributed by atoms with van der Waals surface area (Å²) >= 11 is 12.5. The van der Waals surface area contributed by atoms with Crippen LogP contribution in [-0.2, 0) is 12.7 Å². The van der Waals surface area contributed by atoms with Gasteiger partial charge in [0.1, 0.15) is 17.7 Å². The zero-order valence-corrected chi connectivity index (χ0v) is 24.7. The molecule has 0 bridgehead atoms. The summed E-state index contributed by atoms with van der Waals surface area (Å²) in [6.45, 7) is 3.07. The highest BCUT2D eigenvalue weighted by Crippen LogP contribution is 2.36. The number of carbonyl (C=O) groups excluding carboxylic acids is 1. The van der Waals surface area contributed by atoms with Crippen LogP contribution < -0.4 is 4.90 Å². The number of anilines is 1. The molecule has 2 atom stereocenters. The Labute approximate surface area is 256 Å². The first kappa shape index (κ1) is 30.9. The molecule has 2 aromatic carbocycles. The first-order valence-corrected chi connectivity index (χ1v) is 14.4. The van der Waals surface area contributed by atoms with E-state index in [0.717, 1.165) is 23.5 Å². The summed E-state index contributed by atoms with van der Waals surface area (Å²) in [5.74, 6) is -0.751. The van der Waals surface area contributed by atoms with Gasteiger partial charge in [0.2, 0.25) is 0 Å². The van der Waals surface area contributed by atoms with Crippen LogP contribution in [0.25, 0.3) is 0 Å². The molecular formula is C30H28Cl2F4N6O. The number of rotatable bonds is 5. The Morgan fingerprint density at radius 3 is 2.37 bits per heavy atom. The monoisotopic (exact) mass is 634 g/mol. The zero-order chi connectivity index (χ0) is 30.9. The van der Waals surface area contributed by atoms with Crippen molar-refractivity contribution in [2.45, 2.75) is 24.7 Å². The third-order valence-corrected chi connectivity index (χ3v) is 8.76. The number of aromatic nitrogens is 1. The maximum Gasteiger partial charge on any atom is 0.419 e. The molecule has 2 fully saturated rings. The predicted molar refractivity (Wildman–Crippen MR) is 156 cm³/mol. The van der Waals surface area contributed by atoms with E-state index >= 15 is 0 Å². The summed E-state index contributed by atoms with van der Waals surface area (Å²) in [6, 6.07) is 13.5. The summed E-state index contributed by atoms with van der Waals surface area (Å²) in [6.07, 6.45) is -3.25.